The van der Waals surface area contributed by atoms with Gasteiger partial charge in [0, 0.05) is 70.8 Å². The Morgan fingerprint density at radius 1 is 0.250 bits per heavy atom. The first-order valence-corrected chi connectivity index (χ1v) is 35.0. The van der Waals surface area contributed by atoms with Crippen LogP contribution in [-0.4, -0.2) is 74.7 Å². The number of aryl methyl sites for hydroxylation is 8. The number of fused-ring (bicyclic) bond motifs is 4. The lowest BCUT2D eigenvalue weighted by Crippen LogP contribution is -2.26. The summed E-state index contributed by atoms with van der Waals surface area (Å²) in [6, 6.07) is 40.1. The van der Waals surface area contributed by atoms with E-state index in [4.69, 9.17) is 20.0 Å². The van der Waals surface area contributed by atoms with E-state index in [1.807, 2.05) is 74.2 Å². The molecule has 9 heterocycles. The Morgan fingerprint density at radius 3 is 0.552 bits per heavy atom. The molecule has 0 atom stereocenters. The van der Waals surface area contributed by atoms with Gasteiger partial charge in [0.25, 0.3) is 0 Å². The fourth-order valence-electron chi connectivity index (χ4n) is 9.76. The van der Waals surface area contributed by atoms with Gasteiger partial charge in [-0.15, -0.1) is 0 Å². The van der Waals surface area contributed by atoms with Crippen molar-refractivity contribution in [3.05, 3.63) is 311 Å². The maximum atomic E-state index is 10.4. The molecule has 0 aliphatic carbocycles. The highest BCUT2D eigenvalue weighted by Gasteiger charge is 2.28. The van der Waals surface area contributed by atoms with E-state index >= 15 is 0 Å². The highest BCUT2D eigenvalue weighted by Crippen LogP contribution is 2.38. The van der Waals surface area contributed by atoms with Crippen molar-refractivity contribution < 1.29 is 70.2 Å². The van der Waals surface area contributed by atoms with Crippen molar-refractivity contribution in [1.29, 1.82) is 0 Å². The minimum Gasteiger partial charge on any atom is -0.744 e. The molecule has 8 bridgehead atoms. The lowest BCUT2D eigenvalue weighted by atomic mass is 9.99. The summed E-state index contributed by atoms with van der Waals surface area (Å²) in [6.45, 7) is 7.28. The molecule has 96 heavy (non-hydrogen) atoms. The second kappa shape index (κ2) is 29.6. The second-order valence-electron chi connectivity index (χ2n) is 22.4. The lowest BCUT2D eigenvalue weighted by Gasteiger charge is -2.12. The normalized spacial score (nSPS) is 14.7. The first-order chi connectivity index (χ1) is 45.4. The molecule has 0 spiro atoms. The Balaban J connectivity index is 0.000000196. The Kier molecular flexibility index (Phi) is 21.6. The summed E-state index contributed by atoms with van der Waals surface area (Å²) in [5, 5.41) is 0. The molecule has 0 unspecified atom stereocenters. The molecule has 0 radical (unpaired) electrons. The molecule has 4 aromatic carbocycles. The average molecular weight is 1360 g/mol. The predicted octanol–water partition coefficient (Wildman–Crippen LogP) is 8.58. The van der Waals surface area contributed by atoms with Gasteiger partial charge in [-0.05, 0) is 147 Å². The van der Waals surface area contributed by atoms with Crippen LogP contribution in [0, 0.1) is 27.7 Å². The van der Waals surface area contributed by atoms with E-state index in [9.17, 15) is 51.9 Å². The SMILES string of the molecule is C[n+]1ccc(C2=C3C=CC(=N3)C(c3cc[n+](C)cc3)=C3C=CC(=N3)C(c3cc[n+](C)cc3)=C3C=CC(=N3)C(c3cc[n+](C)cc3)=C3C=CC2=N3)cc1.Cc1ccc(S(=O)(=O)[O-])cc1.Cc1ccc(S(=O)(=O)[O-])cc1.Cc1ccc(S(=O)(=O)[O-])cc1.Cc1ccc(S(=O)(=O)[O-])cc1. The Hall–Kier alpha value is -10.3. The van der Waals surface area contributed by atoms with Crippen LogP contribution < -0.4 is 18.3 Å². The summed E-state index contributed by atoms with van der Waals surface area (Å²) >= 11 is 0. The molecule has 0 amide bonds. The maximum absolute atomic E-state index is 10.4. The van der Waals surface area contributed by atoms with Crippen LogP contribution in [0.5, 0.6) is 0 Å². The van der Waals surface area contributed by atoms with Crippen LogP contribution in [0.3, 0.4) is 0 Å². The van der Waals surface area contributed by atoms with Crippen molar-refractivity contribution in [1.82, 2.24) is 0 Å². The fourth-order valence-corrected chi connectivity index (χ4v) is 11.6. The molecule has 0 fully saturated rings. The van der Waals surface area contributed by atoms with Gasteiger partial charge >= 0.3 is 0 Å². The lowest BCUT2D eigenvalue weighted by molar-refractivity contribution is -0.671. The highest BCUT2D eigenvalue weighted by molar-refractivity contribution is 7.86. The number of aliphatic imine (C=N–C) groups is 4. The van der Waals surface area contributed by atoms with Crippen LogP contribution in [-0.2, 0) is 68.7 Å². The zero-order valence-electron chi connectivity index (χ0n) is 53.2. The average Bonchev–Trinajstić information content (AvgIpc) is 1.61. The van der Waals surface area contributed by atoms with E-state index < -0.39 is 40.5 Å². The van der Waals surface area contributed by atoms with Gasteiger partial charge in [0.05, 0.1) is 65.2 Å². The Labute approximate surface area is 558 Å². The molecule has 0 saturated carbocycles. The van der Waals surface area contributed by atoms with Gasteiger partial charge in [-0.25, -0.2) is 71.9 Å². The molecule has 0 N–H and O–H groups in total. The quantitative estimate of drug-likeness (QED) is 0.102. The minimum absolute atomic E-state index is 0.178. The molecule has 20 nitrogen and oxygen atoms in total. The van der Waals surface area contributed by atoms with Crippen molar-refractivity contribution in [2.45, 2.75) is 47.3 Å². The Morgan fingerprint density at radius 2 is 0.406 bits per heavy atom. The van der Waals surface area contributed by atoms with Crippen LogP contribution in [0.1, 0.15) is 44.5 Å². The number of benzene rings is 4. The van der Waals surface area contributed by atoms with Crippen molar-refractivity contribution >= 4 is 85.6 Å². The molecule has 4 aromatic heterocycles. The summed E-state index contributed by atoms with van der Waals surface area (Å²) < 4.78 is 133. The van der Waals surface area contributed by atoms with E-state index in [0.29, 0.717) is 0 Å². The largest absolute Gasteiger partial charge is 0.744 e. The third kappa shape index (κ3) is 18.1. The van der Waals surface area contributed by atoms with Crippen LogP contribution >= 0.6 is 0 Å². The minimum atomic E-state index is -4.27. The maximum Gasteiger partial charge on any atom is 0.169 e. The highest BCUT2D eigenvalue weighted by atomic mass is 32.2. The smallest absolute Gasteiger partial charge is 0.169 e. The molecular formula is C72H64N8O12S4. The molecule has 13 rings (SSSR count). The van der Waals surface area contributed by atoms with Gasteiger partial charge in [-0.1, -0.05) is 70.8 Å². The molecular weight excluding hydrogens is 1300 g/mol. The van der Waals surface area contributed by atoms with Gasteiger partial charge in [0.2, 0.25) is 0 Å². The number of aromatic nitrogens is 4. The zero-order valence-corrected chi connectivity index (χ0v) is 56.5. The van der Waals surface area contributed by atoms with Gasteiger partial charge in [-0.2, -0.15) is 0 Å². The van der Waals surface area contributed by atoms with Crippen molar-refractivity contribution in [3.63, 3.8) is 0 Å². The van der Waals surface area contributed by atoms with Crippen LogP contribution in [0.15, 0.2) is 306 Å². The monoisotopic (exact) mass is 1360 g/mol. The van der Waals surface area contributed by atoms with Crippen molar-refractivity contribution in [2.24, 2.45) is 48.2 Å². The number of allylic oxidation sites excluding steroid dienone is 12. The number of rotatable bonds is 8. The fraction of sp³-hybridized carbons (Fsp3) is 0.111. The molecule has 5 aliphatic rings. The van der Waals surface area contributed by atoms with Gasteiger partial charge in [0.1, 0.15) is 68.7 Å². The van der Waals surface area contributed by atoms with E-state index in [-0.39, 0.29) is 19.6 Å². The molecule has 488 valence electrons. The van der Waals surface area contributed by atoms with Crippen LogP contribution in [0.2, 0.25) is 0 Å². The number of pyridine rings is 4. The van der Waals surface area contributed by atoms with Gasteiger partial charge in [0.15, 0.2) is 49.6 Å². The van der Waals surface area contributed by atoms with Crippen molar-refractivity contribution in [2.75, 3.05) is 0 Å². The first-order valence-electron chi connectivity index (χ1n) is 29.4. The zero-order chi connectivity index (χ0) is 69.3. The first kappa shape index (κ1) is 70.0. The predicted molar refractivity (Wildman–Crippen MR) is 361 cm³/mol. The van der Waals surface area contributed by atoms with Gasteiger partial charge < -0.3 is 18.2 Å². The van der Waals surface area contributed by atoms with E-state index in [2.05, 4.69) is 147 Å². The summed E-state index contributed by atoms with van der Waals surface area (Å²) in [4.78, 5) is 20.7. The number of nitrogens with zero attached hydrogens (tertiary/aromatic N) is 8. The Bertz CT molecular complexity index is 4530. The van der Waals surface area contributed by atoms with E-state index in [0.717, 1.165) is 112 Å². The van der Waals surface area contributed by atoms with Crippen molar-refractivity contribution in [3.8, 4) is 0 Å². The second-order valence-corrected chi connectivity index (χ2v) is 28.0. The molecule has 24 heteroatoms. The number of hydrogen-bond acceptors (Lipinski definition) is 16. The van der Waals surface area contributed by atoms with E-state index in [1.165, 1.54) is 48.5 Å². The summed E-state index contributed by atoms with van der Waals surface area (Å²) in [6.07, 6.45) is 33.3. The summed E-state index contributed by atoms with van der Waals surface area (Å²) in [7, 11) is -8.98. The topological polar surface area (TPSA) is 294 Å². The molecule has 5 aliphatic heterocycles. The third-order valence-electron chi connectivity index (χ3n) is 14.9. The summed E-state index contributed by atoms with van der Waals surface area (Å²) in [5.74, 6) is 0. The number of hydrogen-bond donors (Lipinski definition) is 0. The third-order valence-corrected chi connectivity index (χ3v) is 18.3. The van der Waals surface area contributed by atoms with Crippen LogP contribution in [0.4, 0.5) is 0 Å². The standard InChI is InChI=1S/C44H36N8.4C7H8O3S/c1-49-21-13-29(14-22-49)41-33-5-7-35(45-33)42(30-15-23-50(2)24-16-30)37-9-11-39(47-37)44(32-19-27-52(4)28-20-32)40-12-10-38(48-40)43(36-8-6-34(41)46-36)31-17-25-51(3)26-18-31;4*1-6-2-4-7(5-3-6)11(8,9)10/h5-28H,1-4H3;4*2-5H,1H3,(H,8,9,10)/q+4;;;;/p-4. The van der Waals surface area contributed by atoms with Crippen LogP contribution in [0.25, 0.3) is 22.3 Å². The molecule has 8 aromatic rings. The van der Waals surface area contributed by atoms with E-state index in [1.54, 1.807) is 48.5 Å². The summed E-state index contributed by atoms with van der Waals surface area (Å²) in [5.41, 5.74) is 18.5. The van der Waals surface area contributed by atoms with Gasteiger partial charge in [-0.3, -0.25) is 0 Å². The molecule has 0 saturated heterocycles.